The van der Waals surface area contributed by atoms with Crippen molar-refractivity contribution in [2.45, 2.75) is 24.8 Å². The molecule has 0 bridgehead atoms. The fourth-order valence-electron chi connectivity index (χ4n) is 4.57. The third kappa shape index (κ3) is 3.22. The van der Waals surface area contributed by atoms with E-state index in [4.69, 9.17) is 20.2 Å². The predicted molar refractivity (Wildman–Crippen MR) is 114 cm³/mol. The number of ether oxygens (including phenoxy) is 2. The van der Waals surface area contributed by atoms with Crippen molar-refractivity contribution in [3.05, 3.63) is 53.9 Å². The summed E-state index contributed by atoms with van der Waals surface area (Å²) in [4.78, 5) is 26.6. The number of carbonyl (C=O) groups excluding carboxylic acids is 1. The van der Waals surface area contributed by atoms with Gasteiger partial charge in [0.2, 0.25) is 11.9 Å². The van der Waals surface area contributed by atoms with E-state index in [-0.39, 0.29) is 23.7 Å². The van der Waals surface area contributed by atoms with E-state index in [2.05, 4.69) is 15.1 Å². The molecule has 3 aromatic rings. The molecule has 31 heavy (non-hydrogen) atoms. The van der Waals surface area contributed by atoms with Crippen LogP contribution in [-0.2, 0) is 4.79 Å². The number of aromatic nitrogens is 4. The predicted octanol–water partition coefficient (Wildman–Crippen LogP) is 2.71. The number of nitrogens with zero attached hydrogens (tertiary/aromatic N) is 5. The minimum Gasteiger partial charge on any atom is -0.493 e. The highest BCUT2D eigenvalue weighted by atomic mass is 16.5. The fourth-order valence-corrected chi connectivity index (χ4v) is 4.57. The van der Waals surface area contributed by atoms with E-state index >= 15 is 0 Å². The molecule has 2 aromatic heterocycles. The van der Waals surface area contributed by atoms with Crippen molar-refractivity contribution in [2.24, 2.45) is 10.9 Å². The second kappa shape index (κ2) is 7.50. The van der Waals surface area contributed by atoms with Crippen LogP contribution < -0.4 is 15.2 Å². The molecule has 3 atom stereocenters. The van der Waals surface area contributed by atoms with Gasteiger partial charge in [0.1, 0.15) is 5.78 Å². The normalized spacial score (nSPS) is 22.3. The van der Waals surface area contributed by atoms with E-state index in [0.29, 0.717) is 30.3 Å². The molecule has 5 rings (SSSR count). The maximum atomic E-state index is 13.4. The Balaban J connectivity index is 1.55. The third-order valence-electron chi connectivity index (χ3n) is 5.97. The van der Waals surface area contributed by atoms with Gasteiger partial charge in [0, 0.05) is 24.5 Å². The lowest BCUT2D eigenvalue weighted by Crippen LogP contribution is -2.41. The highest BCUT2D eigenvalue weighted by Crippen LogP contribution is 2.44. The number of Topliss-reactive ketones (excluding diaryl/α,β-unsaturated/α-hetero) is 1. The second-order valence-electron chi connectivity index (χ2n) is 7.71. The van der Waals surface area contributed by atoms with Crippen molar-refractivity contribution >= 4 is 23.4 Å². The first-order valence-corrected chi connectivity index (χ1v) is 10.0. The number of anilines is 1. The Hall–Kier alpha value is -3.75. The highest BCUT2D eigenvalue weighted by Gasteiger charge is 2.45. The molecule has 158 valence electrons. The van der Waals surface area contributed by atoms with Gasteiger partial charge in [-0.15, -0.1) is 5.10 Å². The topological polar surface area (TPSA) is 118 Å². The molecule has 1 aliphatic heterocycles. The molecule has 0 saturated heterocycles. The summed E-state index contributed by atoms with van der Waals surface area (Å²) in [7, 11) is 3.20. The Morgan fingerprint density at radius 2 is 1.94 bits per heavy atom. The molecule has 2 aliphatic rings. The molecule has 0 spiro atoms. The smallest absolute Gasteiger partial charge is 0.250 e. The minimum absolute atomic E-state index is 0.0105. The quantitative estimate of drug-likeness (QED) is 0.692. The third-order valence-corrected chi connectivity index (χ3v) is 5.97. The number of aliphatic imine (C=N–C) groups is 1. The number of nitrogen functional groups attached to an aromatic ring is 1. The van der Waals surface area contributed by atoms with Gasteiger partial charge in [0.25, 0.3) is 0 Å². The summed E-state index contributed by atoms with van der Waals surface area (Å²) in [6.45, 7) is 0. The summed E-state index contributed by atoms with van der Waals surface area (Å²) in [5, 5.41) is 4.32. The van der Waals surface area contributed by atoms with E-state index in [1.807, 2.05) is 30.3 Å². The van der Waals surface area contributed by atoms with Crippen molar-refractivity contribution in [1.82, 2.24) is 19.7 Å². The van der Waals surface area contributed by atoms with Crippen LogP contribution in [0.5, 0.6) is 11.5 Å². The second-order valence-corrected chi connectivity index (χ2v) is 7.71. The van der Waals surface area contributed by atoms with Crippen molar-refractivity contribution in [2.75, 3.05) is 20.0 Å². The van der Waals surface area contributed by atoms with Crippen molar-refractivity contribution < 1.29 is 14.3 Å². The monoisotopic (exact) mass is 418 g/mol. The van der Waals surface area contributed by atoms with Gasteiger partial charge >= 0.3 is 0 Å². The van der Waals surface area contributed by atoms with Crippen LogP contribution in [0.2, 0.25) is 0 Å². The van der Waals surface area contributed by atoms with Crippen LogP contribution in [-0.4, -0.2) is 45.5 Å². The lowest BCUT2D eigenvalue weighted by molar-refractivity contribution is -0.122. The molecule has 1 aromatic carbocycles. The molecule has 9 heteroatoms. The van der Waals surface area contributed by atoms with Crippen LogP contribution in [0, 0.1) is 5.92 Å². The lowest BCUT2D eigenvalue weighted by Gasteiger charge is -2.36. The summed E-state index contributed by atoms with van der Waals surface area (Å²) in [6, 6.07) is 9.20. The number of fused-ring (bicyclic) bond motifs is 2. The molecule has 1 fully saturated rings. The lowest BCUT2D eigenvalue weighted by atomic mass is 9.72. The Morgan fingerprint density at radius 3 is 2.68 bits per heavy atom. The average Bonchev–Trinajstić information content (AvgIpc) is 3.17. The SMILES string of the molecule is COc1ccc(C2CC(=O)C3C(=Nc4nc(N)nn4C3c3cccnc3)C2)cc1OC. The first-order valence-electron chi connectivity index (χ1n) is 10.0. The van der Waals surface area contributed by atoms with Gasteiger partial charge in [-0.25, -0.2) is 9.67 Å². The summed E-state index contributed by atoms with van der Waals surface area (Å²) in [5.41, 5.74) is 8.55. The zero-order valence-electron chi connectivity index (χ0n) is 17.2. The summed E-state index contributed by atoms with van der Waals surface area (Å²) >= 11 is 0. The summed E-state index contributed by atoms with van der Waals surface area (Å²) < 4.78 is 12.4. The molecule has 0 radical (unpaired) electrons. The standard InChI is InChI=1S/C22H22N6O3/c1-30-17-6-5-12(10-18(17)31-2)14-8-15-19(16(29)9-14)20(13-4-3-7-24-11-13)28-22(25-15)26-21(23)27-28/h3-7,10-11,14,19-20H,8-9H2,1-2H3,(H2,23,27). The number of benzene rings is 1. The van der Waals surface area contributed by atoms with Crippen molar-refractivity contribution in [1.29, 1.82) is 0 Å². The molecule has 3 unspecified atom stereocenters. The van der Waals surface area contributed by atoms with E-state index in [1.54, 1.807) is 31.3 Å². The van der Waals surface area contributed by atoms with E-state index in [1.165, 1.54) is 0 Å². The fraction of sp³-hybridized carbons (Fsp3) is 0.318. The van der Waals surface area contributed by atoms with Crippen LogP contribution in [0.4, 0.5) is 11.9 Å². The van der Waals surface area contributed by atoms with E-state index < -0.39 is 5.92 Å². The van der Waals surface area contributed by atoms with Crippen LogP contribution in [0.25, 0.3) is 0 Å². The maximum Gasteiger partial charge on any atom is 0.250 e. The number of hydrogen-bond acceptors (Lipinski definition) is 8. The Kier molecular flexibility index (Phi) is 4.65. The van der Waals surface area contributed by atoms with Crippen LogP contribution in [0.1, 0.15) is 35.9 Å². The van der Waals surface area contributed by atoms with Gasteiger partial charge in [0.05, 0.1) is 26.2 Å². The summed E-state index contributed by atoms with van der Waals surface area (Å²) in [6.07, 6.45) is 4.49. The van der Waals surface area contributed by atoms with E-state index in [9.17, 15) is 4.79 Å². The molecule has 2 N–H and O–H groups in total. The number of rotatable bonds is 4. The van der Waals surface area contributed by atoms with Gasteiger partial charge in [-0.2, -0.15) is 4.98 Å². The molecule has 3 heterocycles. The van der Waals surface area contributed by atoms with Gasteiger partial charge in [0.15, 0.2) is 11.5 Å². The van der Waals surface area contributed by atoms with Gasteiger partial charge < -0.3 is 15.2 Å². The van der Waals surface area contributed by atoms with Gasteiger partial charge in [-0.1, -0.05) is 12.1 Å². The number of nitrogens with two attached hydrogens (primary N) is 1. The molecular formula is C22H22N6O3. The van der Waals surface area contributed by atoms with Crippen LogP contribution >= 0.6 is 0 Å². The molecule has 0 amide bonds. The van der Waals surface area contributed by atoms with Crippen LogP contribution in [0.3, 0.4) is 0 Å². The first-order chi connectivity index (χ1) is 15.1. The summed E-state index contributed by atoms with van der Waals surface area (Å²) in [5.74, 6) is 1.52. The number of ketones is 1. The van der Waals surface area contributed by atoms with E-state index in [0.717, 1.165) is 16.8 Å². The molecule has 1 aliphatic carbocycles. The first kappa shape index (κ1) is 19.2. The maximum absolute atomic E-state index is 13.4. The average molecular weight is 418 g/mol. The number of methoxy groups -OCH3 is 2. The zero-order valence-corrected chi connectivity index (χ0v) is 17.2. The van der Waals surface area contributed by atoms with Crippen molar-refractivity contribution in [3.8, 4) is 11.5 Å². The highest BCUT2D eigenvalue weighted by molar-refractivity contribution is 6.10. The van der Waals surface area contributed by atoms with Crippen molar-refractivity contribution in [3.63, 3.8) is 0 Å². The molecule has 9 nitrogen and oxygen atoms in total. The van der Waals surface area contributed by atoms with Gasteiger partial charge in [-0.05, 0) is 41.7 Å². The Labute approximate surface area is 178 Å². The molecular weight excluding hydrogens is 396 g/mol. The van der Waals surface area contributed by atoms with Gasteiger partial charge in [-0.3, -0.25) is 9.78 Å². The number of hydrogen-bond donors (Lipinski definition) is 1. The minimum atomic E-state index is -0.422. The number of pyridine rings is 1. The molecule has 1 saturated carbocycles. The Morgan fingerprint density at radius 1 is 1.10 bits per heavy atom. The number of carbonyl (C=O) groups is 1. The largest absolute Gasteiger partial charge is 0.493 e. The Bertz CT molecular complexity index is 1170. The van der Waals surface area contributed by atoms with Crippen LogP contribution in [0.15, 0.2) is 47.7 Å². The zero-order chi connectivity index (χ0) is 21.5.